The van der Waals surface area contributed by atoms with E-state index in [2.05, 4.69) is 93.5 Å². The van der Waals surface area contributed by atoms with Crippen LogP contribution >= 0.6 is 32.9 Å². The number of hydrogen-bond donors (Lipinski definition) is 3. The maximum atomic E-state index is 12.0. The van der Waals surface area contributed by atoms with Gasteiger partial charge in [0.2, 0.25) is 11.8 Å². The number of H-pyrrole nitrogens is 1. The third kappa shape index (κ3) is 18.3. The van der Waals surface area contributed by atoms with Gasteiger partial charge < -0.3 is 39.1 Å². The molecule has 1 fully saturated rings. The van der Waals surface area contributed by atoms with Crippen LogP contribution in [0.2, 0.25) is 0 Å². The van der Waals surface area contributed by atoms with Crippen molar-refractivity contribution in [2.24, 2.45) is 33.0 Å². The maximum absolute atomic E-state index is 12.0. The number of aromatic nitrogens is 7. The lowest BCUT2D eigenvalue weighted by atomic mass is 9.85. The number of rotatable bonds is 0. The van der Waals surface area contributed by atoms with Crippen molar-refractivity contribution < 1.29 is 38.2 Å². The second kappa shape index (κ2) is 33.3. The Kier molecular flexibility index (Phi) is 25.1. The molecule has 7 aliphatic rings. The lowest BCUT2D eigenvalue weighted by Gasteiger charge is -2.25. The molecule has 4 unspecified atom stereocenters. The number of nitrogens with one attached hydrogen (secondary N) is 3. The van der Waals surface area contributed by atoms with E-state index < -0.39 is 5.41 Å². The van der Waals surface area contributed by atoms with Crippen LogP contribution in [0.3, 0.4) is 0 Å². The highest BCUT2D eigenvalue weighted by molar-refractivity contribution is 8.77. The van der Waals surface area contributed by atoms with Crippen molar-refractivity contribution in [1.29, 1.82) is 0 Å². The van der Waals surface area contributed by atoms with Crippen LogP contribution in [-0.2, 0) is 59.2 Å². The summed E-state index contributed by atoms with van der Waals surface area (Å²) in [5, 5.41) is 12.8. The second-order valence-electron chi connectivity index (χ2n) is 28.0. The molecule has 3 amide bonds. The SMILES string of the molecule is CC1CCSS1.CC1CCc2sccc2C1=O.CC1COc2ccccc2O1.CC1Cc2cc3c(cc2C1=O)C(C)(C)C(=O)N3.CN1C(=O)COc2ccccc21.Cc1cc(C)n(C)n1.Cc1ccc2c(c1)C(C)(C)C(=O)N2.Cc1ccc2ccc(C)n2c1.Cc1nc2c([nH]1)c(=O)n(C)c(=O)n2C. The van der Waals surface area contributed by atoms with Gasteiger partial charge in [-0.15, -0.1) is 11.3 Å². The van der Waals surface area contributed by atoms with Crippen LogP contribution in [0.1, 0.15) is 145 Å². The number of nitrogens with zero attached hydrogens (tertiary/aromatic N) is 7. The molecule has 0 radical (unpaired) electrons. The molecule has 103 heavy (non-hydrogen) atoms. The zero-order valence-corrected chi connectivity index (χ0v) is 64.8. The Morgan fingerprint density at radius 2 is 1.26 bits per heavy atom. The number of hydrogen-bond acceptors (Lipinski definition) is 15. The number of pyridine rings is 1. The lowest BCUT2D eigenvalue weighted by Crippen LogP contribution is -2.36. The van der Waals surface area contributed by atoms with Crippen LogP contribution in [0.5, 0.6) is 17.2 Å². The number of aromatic amines is 1. The second-order valence-corrected chi connectivity index (χ2v) is 31.9. The molecule has 3 N–H and O–H groups in total. The Balaban J connectivity index is 0.000000136. The smallest absolute Gasteiger partial charge is 0.332 e. The number of imidazole rings is 1. The summed E-state index contributed by atoms with van der Waals surface area (Å²) in [7, 11) is 10.7. The monoisotopic (exact) mass is 1450 g/mol. The summed E-state index contributed by atoms with van der Waals surface area (Å²) >= 11 is 1.71. The number of ketones is 2. The fourth-order valence-electron chi connectivity index (χ4n) is 12.2. The van der Waals surface area contributed by atoms with Gasteiger partial charge in [0.05, 0.1) is 22.2 Å². The normalized spacial score (nSPS) is 18.3. The van der Waals surface area contributed by atoms with Crippen molar-refractivity contribution >= 4 is 96.0 Å². The number of carbonyl (C=O) groups excluding carboxylic acids is 5. The van der Waals surface area contributed by atoms with Gasteiger partial charge in [0.1, 0.15) is 29.8 Å². The number of likely N-dealkylation sites (N-methyl/N-ethyl adjacent to an activating group) is 1. The number of amides is 3. The Labute approximate surface area is 614 Å². The molecule has 544 valence electrons. The zero-order chi connectivity index (χ0) is 74.9. The van der Waals surface area contributed by atoms with Crippen molar-refractivity contribution in [1.82, 2.24) is 33.3 Å². The number of benzene rings is 4. The number of para-hydroxylation sites is 4. The summed E-state index contributed by atoms with van der Waals surface area (Å²) in [5.41, 5.74) is 14.1. The molecule has 0 spiro atoms. The van der Waals surface area contributed by atoms with E-state index >= 15 is 0 Å². The van der Waals surface area contributed by atoms with Gasteiger partial charge in [0.25, 0.3) is 11.5 Å². The number of fused-ring (bicyclic) bond motifs is 8. The third-order valence-corrected chi connectivity index (χ3v) is 22.8. The van der Waals surface area contributed by atoms with Crippen LogP contribution in [0.25, 0.3) is 16.7 Å². The van der Waals surface area contributed by atoms with Crippen LogP contribution in [0, 0.1) is 53.4 Å². The minimum absolute atomic E-state index is 0.00583. The summed E-state index contributed by atoms with van der Waals surface area (Å²) in [6.45, 7) is 28.8. The number of thiophene rings is 1. The van der Waals surface area contributed by atoms with E-state index in [1.807, 2.05) is 187 Å². The van der Waals surface area contributed by atoms with Crippen LogP contribution in [-0.4, -0.2) is 99.9 Å². The van der Waals surface area contributed by atoms with E-state index in [-0.39, 0.29) is 64.7 Å². The summed E-state index contributed by atoms with van der Waals surface area (Å²) in [6, 6.07) is 37.7. The molecule has 4 atom stereocenters. The largest absolute Gasteiger partial charge is 0.486 e. The highest BCUT2D eigenvalue weighted by Crippen LogP contribution is 2.42. The Bertz CT molecular complexity index is 4870. The van der Waals surface area contributed by atoms with E-state index in [1.54, 1.807) is 37.3 Å². The first kappa shape index (κ1) is 77.7. The molecule has 0 bridgehead atoms. The quantitative estimate of drug-likeness (QED) is 0.120. The average Bonchev–Trinajstić information content (AvgIpc) is 1.61. The predicted molar refractivity (Wildman–Crippen MR) is 417 cm³/mol. The van der Waals surface area contributed by atoms with Crippen molar-refractivity contribution in [2.45, 2.75) is 145 Å². The topological polar surface area (TPSA) is 235 Å². The number of aryl methyl sites for hydroxylation is 9. The number of carbonyl (C=O) groups is 5. The van der Waals surface area contributed by atoms with E-state index in [0.717, 1.165) is 96.9 Å². The Hall–Kier alpha value is -9.45. The van der Waals surface area contributed by atoms with Crippen LogP contribution in [0.15, 0.2) is 136 Å². The van der Waals surface area contributed by atoms with E-state index in [1.165, 1.54) is 56.7 Å². The van der Waals surface area contributed by atoms with Crippen molar-refractivity contribution in [3.63, 3.8) is 0 Å². The Morgan fingerprint density at radius 1 is 0.621 bits per heavy atom. The summed E-state index contributed by atoms with van der Waals surface area (Å²) in [4.78, 5) is 90.9. The number of Topliss-reactive ketones (excluding diaryl/α,β-unsaturated/α-hetero) is 2. The number of anilines is 3. The van der Waals surface area contributed by atoms with Gasteiger partial charge in [-0.05, 0) is 202 Å². The first-order valence-corrected chi connectivity index (χ1v) is 37.9. The summed E-state index contributed by atoms with van der Waals surface area (Å²) < 4.78 is 22.6. The molecular weight excluding hydrogens is 1360 g/mol. The Morgan fingerprint density at radius 3 is 1.90 bits per heavy atom. The average molecular weight is 1450 g/mol. The van der Waals surface area contributed by atoms with Gasteiger partial charge in [0, 0.05) is 102 Å². The third-order valence-electron chi connectivity index (χ3n) is 18.8. The molecule has 10 aromatic rings. The standard InChI is InChI=1S/C14H15NO2.C11H13NO.C10H11N.C9H9NO2.C9H10O2.C9H10OS.C8H10N4O2.C6H10N2.C4H8S2/c1-7-4-8-5-11-10(6-9(8)12(7)16)14(2,3)13(17)15-11;1-7-4-5-9-8(6-7)11(2,3)10(13)12-9;1-8-3-5-10-6-4-9(2)11(10)7-8;1-10-7-4-2-3-5-8(7)12-6-9(10)11;1-7-6-10-8-4-2-3-5-9(8)11-7;1-6-2-3-8-7(9(6)10)4-5-11-8;1-4-9-5-6(10-4)11(2)8(14)12(3)7(5)13;1-5-4-6(2)8(3)7-5;1-4-2-3-5-6-4/h5-7H,4H2,1-3H3,(H,15,17);4-6H,1-3H3,(H,12,13);3-7H,1-2H3;2-5H,6H2,1H3;2-5,7H,6H2,1H3;4-6H,2-3H2,1H3;1-3H3,(H,9,10);4H,1-3H3;4H,2-3H2,1H3. The molecule has 4 aromatic carbocycles. The predicted octanol–water partition coefficient (Wildman–Crippen LogP) is 14.9. The van der Waals surface area contributed by atoms with E-state index in [4.69, 9.17) is 14.2 Å². The minimum Gasteiger partial charge on any atom is -0.486 e. The minimum atomic E-state index is -0.531. The first-order valence-electron chi connectivity index (χ1n) is 34.6. The maximum Gasteiger partial charge on any atom is 0.332 e. The van der Waals surface area contributed by atoms with Crippen LogP contribution < -0.4 is 41.0 Å². The van der Waals surface area contributed by atoms with Gasteiger partial charge in [-0.25, -0.2) is 9.78 Å². The van der Waals surface area contributed by atoms with Crippen molar-refractivity contribution in [2.75, 3.05) is 41.5 Å². The van der Waals surface area contributed by atoms with Gasteiger partial charge in [-0.2, -0.15) is 5.10 Å². The van der Waals surface area contributed by atoms with Crippen molar-refractivity contribution in [3.05, 3.63) is 214 Å². The molecule has 5 aliphatic heterocycles. The highest BCUT2D eigenvalue weighted by atomic mass is 33.1. The molecule has 23 heteroatoms. The molecule has 0 saturated carbocycles. The highest BCUT2D eigenvalue weighted by Gasteiger charge is 2.41. The molecule has 20 nitrogen and oxygen atoms in total. The summed E-state index contributed by atoms with van der Waals surface area (Å²) in [5.74, 6) is 5.44. The molecular formula is C80H96N10O10S3. The lowest BCUT2D eigenvalue weighted by molar-refractivity contribution is -0.121. The first-order chi connectivity index (χ1) is 48.7. The number of ether oxygens (including phenoxy) is 3. The van der Waals surface area contributed by atoms with Crippen LogP contribution in [0.4, 0.5) is 17.1 Å². The van der Waals surface area contributed by atoms with Gasteiger partial charge in [-0.3, -0.25) is 42.6 Å². The van der Waals surface area contributed by atoms with Crippen molar-refractivity contribution in [3.8, 4) is 17.2 Å². The molecule has 17 rings (SSSR count). The van der Waals surface area contributed by atoms with Gasteiger partial charge >= 0.3 is 5.69 Å². The molecule has 1 saturated heterocycles. The van der Waals surface area contributed by atoms with Gasteiger partial charge in [0.15, 0.2) is 35.3 Å². The fourth-order valence-corrected chi connectivity index (χ4v) is 15.8. The molecule has 2 aliphatic carbocycles. The zero-order valence-electron chi connectivity index (χ0n) is 62.3. The fraction of sp³-hybridized carbons (Fsp3) is 0.388. The molecule has 6 aromatic heterocycles. The van der Waals surface area contributed by atoms with E-state index in [0.29, 0.717) is 29.4 Å². The van der Waals surface area contributed by atoms with E-state index in [9.17, 15) is 33.6 Å². The van der Waals surface area contributed by atoms with Gasteiger partial charge in [-0.1, -0.05) is 90.4 Å². The molecule has 11 heterocycles. The summed E-state index contributed by atoms with van der Waals surface area (Å²) in [6.07, 6.45) is 6.66.